The molecule has 1 aromatic rings. The van der Waals surface area contributed by atoms with Gasteiger partial charge in [-0.2, -0.15) is 0 Å². The highest BCUT2D eigenvalue weighted by atomic mass is 31.0. The number of esters is 1. The Morgan fingerprint density at radius 2 is 1.82 bits per heavy atom. The van der Waals surface area contributed by atoms with Crippen molar-refractivity contribution in [1.82, 2.24) is 31.3 Å². The van der Waals surface area contributed by atoms with E-state index in [0.29, 0.717) is 62.5 Å². The van der Waals surface area contributed by atoms with Crippen molar-refractivity contribution in [3.8, 4) is 11.5 Å². The first-order chi connectivity index (χ1) is 28.7. The number of guanidine groups is 1. The van der Waals surface area contributed by atoms with Crippen LogP contribution in [0.3, 0.4) is 0 Å². The second kappa shape index (κ2) is 21.3. The van der Waals surface area contributed by atoms with E-state index in [1.54, 1.807) is 7.11 Å². The number of likely N-dealkylation sites (N-methyl/N-ethyl adjacent to an activating group) is 1. The number of nitrogens with two attached hydrogens (primary N) is 2. The Bertz CT molecular complexity index is 1850. The summed E-state index contributed by atoms with van der Waals surface area (Å²) in [4.78, 5) is 83.5. The van der Waals surface area contributed by atoms with Gasteiger partial charge in [-0.3, -0.25) is 29.0 Å². The molecule has 9 atom stereocenters. The van der Waals surface area contributed by atoms with Gasteiger partial charge in [-0.05, 0) is 104 Å². The number of likely N-dealkylation sites (tertiary alicyclic amines) is 1. The van der Waals surface area contributed by atoms with Gasteiger partial charge in [0.1, 0.15) is 23.9 Å². The first-order valence-electron chi connectivity index (χ1n) is 20.3. The van der Waals surface area contributed by atoms with Crippen LogP contribution in [-0.4, -0.2) is 117 Å². The lowest BCUT2D eigenvalue weighted by atomic mass is 9.53. The third-order valence-electron chi connectivity index (χ3n) is 11.8. The van der Waals surface area contributed by atoms with Gasteiger partial charge >= 0.3 is 11.9 Å². The molecule has 2 aliphatic heterocycles. The van der Waals surface area contributed by atoms with Gasteiger partial charge in [0, 0.05) is 43.5 Å². The van der Waals surface area contributed by atoms with Crippen molar-refractivity contribution in [2.24, 2.45) is 22.4 Å². The van der Waals surface area contributed by atoms with Gasteiger partial charge < -0.3 is 61.5 Å². The second-order valence-corrected chi connectivity index (χ2v) is 16.1. The van der Waals surface area contributed by atoms with E-state index in [4.69, 9.17) is 25.7 Å². The molecule has 4 amide bonds. The Kier molecular flexibility index (Phi) is 16.5. The van der Waals surface area contributed by atoms with Gasteiger partial charge in [0.15, 0.2) is 23.6 Å². The minimum absolute atomic E-state index is 0.115. The number of piperidine rings is 1. The van der Waals surface area contributed by atoms with Crippen LogP contribution in [0, 0.1) is 5.92 Å². The van der Waals surface area contributed by atoms with Crippen molar-refractivity contribution in [1.29, 1.82) is 0 Å². The predicted molar refractivity (Wildman–Crippen MR) is 227 cm³/mol. The fourth-order valence-corrected chi connectivity index (χ4v) is 9.14. The Labute approximate surface area is 354 Å². The van der Waals surface area contributed by atoms with Crippen molar-refractivity contribution in [2.75, 3.05) is 40.3 Å². The quantitative estimate of drug-likeness (QED) is 0.0275. The Hall–Kier alpha value is -4.57. The monoisotopic (exact) mass is 875 g/mol. The van der Waals surface area contributed by atoms with Crippen LogP contribution in [0.4, 0.5) is 0 Å². The standard InChI is InChI=1S/C39H59N9O10P2/c1-21(49)45-25(8-6-17-43-38(41)47-59)35(52)44-20-31(51)46-26(11-14-30(50)42-16-5-4-7-24(40)36(53)58-60)37(54)56-29-13-10-23-27-19-22-9-12-28(55-3)33-32(22)39(23,34(29)57-33)15-18-48(27)2/h9,12-13,23-27,34H,4-8,10-11,14-20,40,59-60H2,1-3H3,(H,42,50)(H,44,52)(H,45,49)(H,46,51)(H3,41,43,47)/t23-,24?,25-,26?,27+,34-,39-/m0/s1. The predicted octanol–water partition coefficient (Wildman–Crippen LogP) is -0.291. The smallest absolute Gasteiger partial charge is 0.333 e. The maximum atomic E-state index is 14.1. The number of methoxy groups -OCH3 is 1. The highest BCUT2D eigenvalue weighted by Crippen LogP contribution is 2.63. The van der Waals surface area contributed by atoms with Crippen molar-refractivity contribution >= 4 is 60.4 Å². The lowest BCUT2D eigenvalue weighted by Crippen LogP contribution is -2.63. The fourth-order valence-electron chi connectivity index (χ4n) is 8.88. The summed E-state index contributed by atoms with van der Waals surface area (Å²) >= 11 is 0. The van der Waals surface area contributed by atoms with E-state index < -0.39 is 65.8 Å². The number of carbonyl (C=O) groups excluding carboxylic acids is 6. The van der Waals surface area contributed by atoms with Crippen LogP contribution in [0.1, 0.15) is 75.8 Å². The number of carbonyl (C=O) groups is 6. The van der Waals surface area contributed by atoms with E-state index in [9.17, 15) is 28.8 Å². The largest absolute Gasteiger partial charge is 0.493 e. The summed E-state index contributed by atoms with van der Waals surface area (Å²) in [5.41, 5.74) is 13.3. The average Bonchev–Trinajstić information content (AvgIpc) is 3.59. The molecule has 0 saturated carbocycles. The molecule has 21 heteroatoms. The molecule has 2 heterocycles. The number of allylic oxidation sites excluding steroid dienone is 1. The molecule has 330 valence electrons. The maximum Gasteiger partial charge on any atom is 0.333 e. The van der Waals surface area contributed by atoms with Crippen molar-refractivity contribution in [3.63, 3.8) is 0 Å². The van der Waals surface area contributed by atoms with Gasteiger partial charge in [-0.25, -0.2) is 4.79 Å². The Morgan fingerprint density at radius 1 is 1.03 bits per heavy atom. The number of ether oxygens (including phenoxy) is 3. The van der Waals surface area contributed by atoms with Crippen LogP contribution in [-0.2, 0) is 49.9 Å². The van der Waals surface area contributed by atoms with Crippen LogP contribution in [0.15, 0.2) is 29.0 Å². The molecule has 2 aliphatic carbocycles. The van der Waals surface area contributed by atoms with E-state index in [1.807, 2.05) is 21.6 Å². The molecule has 1 spiro atoms. The third kappa shape index (κ3) is 10.8. The molecule has 2 bridgehead atoms. The van der Waals surface area contributed by atoms with Crippen molar-refractivity contribution in [2.45, 2.75) is 107 Å². The fraction of sp³-hybridized carbons (Fsp3) is 0.615. The Balaban J connectivity index is 1.27. The summed E-state index contributed by atoms with van der Waals surface area (Å²) in [6.07, 6.45) is 5.44. The first kappa shape index (κ1) is 46.5. The lowest BCUT2D eigenvalue weighted by molar-refractivity contribution is -0.147. The van der Waals surface area contributed by atoms with Crippen LogP contribution in [0.25, 0.3) is 0 Å². The first-order valence-corrected chi connectivity index (χ1v) is 21.3. The zero-order chi connectivity index (χ0) is 43.6. The van der Waals surface area contributed by atoms with Crippen LogP contribution in [0.5, 0.6) is 11.5 Å². The molecule has 19 nitrogen and oxygen atoms in total. The molecule has 9 N–H and O–H groups in total. The van der Waals surface area contributed by atoms with E-state index in [0.717, 1.165) is 24.9 Å². The van der Waals surface area contributed by atoms with Crippen LogP contribution < -0.4 is 47.3 Å². The number of benzene rings is 1. The molecule has 4 unspecified atom stereocenters. The summed E-state index contributed by atoms with van der Waals surface area (Å²) in [6, 6.07) is 1.27. The van der Waals surface area contributed by atoms with E-state index in [-0.39, 0.29) is 43.1 Å². The topological polar surface area (TPSA) is 267 Å². The summed E-state index contributed by atoms with van der Waals surface area (Å²) in [5, 5.41) is 13.2. The number of rotatable bonds is 21. The molecule has 0 radical (unpaired) electrons. The average molecular weight is 876 g/mol. The number of nitrogens with zero attached hydrogens (tertiary/aromatic N) is 2. The number of amides is 4. The van der Waals surface area contributed by atoms with Gasteiger partial charge in [0.2, 0.25) is 23.6 Å². The molecule has 1 fully saturated rings. The number of unbranched alkanes of at least 4 members (excludes halogenated alkanes) is 1. The van der Waals surface area contributed by atoms with E-state index in [1.165, 1.54) is 12.5 Å². The summed E-state index contributed by atoms with van der Waals surface area (Å²) < 4.78 is 23.2. The van der Waals surface area contributed by atoms with Crippen LogP contribution in [0.2, 0.25) is 0 Å². The SMILES string of the molecule is COc1ccc2c3c1O[C@H]1C(OC(=O)C(CCC(=O)NCCCCC(N)C(=O)OP)NC(=O)CNC(=O)[C@H](CCCN=C(N)NP)NC(C)=O)=CC[C@H]4[C@@H](C2)N(C)CC[C@]314. The molecule has 4 aliphatic rings. The molecular formula is C39H59N9O10P2. The van der Waals surface area contributed by atoms with Crippen molar-refractivity contribution < 1.29 is 47.5 Å². The highest BCUT2D eigenvalue weighted by Gasteiger charge is 2.65. The second-order valence-electron chi connectivity index (χ2n) is 15.6. The number of hydrogen-bond donors (Lipinski definition) is 7. The van der Waals surface area contributed by atoms with Gasteiger partial charge in [-0.1, -0.05) is 6.07 Å². The van der Waals surface area contributed by atoms with Crippen LogP contribution >= 0.6 is 18.9 Å². The summed E-state index contributed by atoms with van der Waals surface area (Å²) in [7, 11) is 7.83. The normalized spacial score (nSPS) is 22.7. The van der Waals surface area contributed by atoms with E-state index >= 15 is 0 Å². The molecule has 1 aromatic carbocycles. The number of hydrogen-bond acceptors (Lipinski definition) is 13. The summed E-state index contributed by atoms with van der Waals surface area (Å²) in [5.74, 6) is -1.44. The van der Waals surface area contributed by atoms with Crippen molar-refractivity contribution in [3.05, 3.63) is 35.1 Å². The molecular weight excluding hydrogens is 816 g/mol. The molecule has 5 rings (SSSR count). The van der Waals surface area contributed by atoms with E-state index in [2.05, 4.69) is 63.3 Å². The lowest BCUT2D eigenvalue weighted by Gasteiger charge is -2.56. The molecule has 1 saturated heterocycles. The highest BCUT2D eigenvalue weighted by molar-refractivity contribution is 7.15. The zero-order valence-electron chi connectivity index (χ0n) is 34.4. The Morgan fingerprint density at radius 3 is 2.53 bits per heavy atom. The van der Waals surface area contributed by atoms with Gasteiger partial charge in [0.05, 0.1) is 23.1 Å². The zero-order valence-corrected chi connectivity index (χ0v) is 36.7. The molecule has 60 heavy (non-hydrogen) atoms. The van der Waals surface area contributed by atoms with Gasteiger partial charge in [-0.15, -0.1) is 0 Å². The number of nitrogens with one attached hydrogen (secondary N) is 5. The minimum Gasteiger partial charge on any atom is -0.493 e. The number of aliphatic imine (C=N–C) groups is 1. The summed E-state index contributed by atoms with van der Waals surface area (Å²) in [6.45, 7) is 2.18. The maximum absolute atomic E-state index is 14.1. The molecule has 0 aromatic heterocycles. The minimum atomic E-state index is -1.28. The third-order valence-corrected chi connectivity index (χ3v) is 12.3. The van der Waals surface area contributed by atoms with Gasteiger partial charge in [0.25, 0.3) is 0 Å².